The van der Waals surface area contributed by atoms with Crippen LogP contribution in [0.3, 0.4) is 0 Å². The largest absolute Gasteiger partial charge is 0.480 e. The number of amides is 1. The lowest BCUT2D eigenvalue weighted by Gasteiger charge is -2.17. The Labute approximate surface area is 115 Å². The number of aliphatic carboxylic acids is 1. The van der Waals surface area contributed by atoms with E-state index in [9.17, 15) is 9.59 Å². The van der Waals surface area contributed by atoms with Gasteiger partial charge < -0.3 is 15.7 Å². The van der Waals surface area contributed by atoms with Crippen molar-refractivity contribution in [1.29, 1.82) is 0 Å². The van der Waals surface area contributed by atoms with Crippen LogP contribution >= 0.6 is 11.8 Å². The molecule has 1 atom stereocenters. The van der Waals surface area contributed by atoms with Gasteiger partial charge in [0.15, 0.2) is 0 Å². The number of fused-ring (bicyclic) bond motifs is 1. The van der Waals surface area contributed by atoms with E-state index in [0.717, 1.165) is 12.1 Å². The lowest BCUT2D eigenvalue weighted by molar-refractivity contribution is -0.137. The summed E-state index contributed by atoms with van der Waals surface area (Å²) < 4.78 is 0. The molecule has 0 saturated heterocycles. The Balaban J connectivity index is 1.87. The molecule has 0 unspecified atom stereocenters. The minimum absolute atomic E-state index is 0.00698. The van der Waals surface area contributed by atoms with Crippen molar-refractivity contribution in [3.8, 4) is 0 Å². The monoisotopic (exact) mass is 280 g/mol. The third-order valence-electron chi connectivity index (χ3n) is 3.03. The number of hydrogen-bond acceptors (Lipinski definition) is 4. The highest BCUT2D eigenvalue weighted by atomic mass is 32.2. The van der Waals surface area contributed by atoms with Gasteiger partial charge in [0.25, 0.3) is 0 Å². The topological polar surface area (TPSA) is 83.6 Å². The molecule has 1 amide bonds. The Morgan fingerprint density at radius 3 is 2.89 bits per heavy atom. The van der Waals surface area contributed by atoms with E-state index < -0.39 is 12.0 Å². The molecule has 1 aromatic rings. The molecule has 1 aliphatic heterocycles. The van der Waals surface area contributed by atoms with Gasteiger partial charge in [0.05, 0.1) is 5.75 Å². The molecule has 0 fully saturated rings. The number of carbonyl (C=O) groups excluding carboxylic acids is 1. The zero-order valence-electron chi connectivity index (χ0n) is 10.4. The summed E-state index contributed by atoms with van der Waals surface area (Å²) in [7, 11) is 0. The van der Waals surface area contributed by atoms with Crippen molar-refractivity contribution in [3.63, 3.8) is 0 Å². The van der Waals surface area contributed by atoms with Crippen molar-refractivity contribution in [2.75, 3.05) is 23.0 Å². The first-order valence-electron chi connectivity index (χ1n) is 6.04. The number of hydrogen-bond donors (Lipinski definition) is 2. The summed E-state index contributed by atoms with van der Waals surface area (Å²) >= 11 is 1.26. The van der Waals surface area contributed by atoms with Gasteiger partial charge in [-0.1, -0.05) is 18.2 Å². The van der Waals surface area contributed by atoms with Gasteiger partial charge in [-0.05, 0) is 18.1 Å². The Hall–Kier alpha value is -1.53. The molecule has 6 heteroatoms. The van der Waals surface area contributed by atoms with Crippen molar-refractivity contribution in [2.45, 2.75) is 12.5 Å². The summed E-state index contributed by atoms with van der Waals surface area (Å²) in [6.45, 7) is 0.698. The average molecular weight is 280 g/mol. The van der Waals surface area contributed by atoms with Gasteiger partial charge in [-0.15, -0.1) is 11.8 Å². The number of nitrogens with two attached hydrogens (primary N) is 1. The Kier molecular flexibility index (Phi) is 4.44. The summed E-state index contributed by atoms with van der Waals surface area (Å²) in [4.78, 5) is 24.4. The van der Waals surface area contributed by atoms with Gasteiger partial charge in [-0.25, -0.2) is 0 Å². The normalized spacial score (nSPS) is 15.1. The van der Waals surface area contributed by atoms with Crippen LogP contribution in [0.4, 0.5) is 5.69 Å². The Bertz CT molecular complexity index is 493. The summed E-state index contributed by atoms with van der Waals surface area (Å²) in [5.74, 6) is -0.523. The fourth-order valence-corrected chi connectivity index (χ4v) is 2.86. The predicted molar refractivity (Wildman–Crippen MR) is 75.4 cm³/mol. The zero-order valence-corrected chi connectivity index (χ0v) is 11.2. The summed E-state index contributed by atoms with van der Waals surface area (Å²) in [6, 6.07) is 6.93. The Morgan fingerprint density at radius 2 is 2.16 bits per heavy atom. The molecule has 0 aromatic heterocycles. The van der Waals surface area contributed by atoms with E-state index >= 15 is 0 Å². The SMILES string of the molecule is N[C@@H](CSCC(=O)N1CCc2ccccc21)C(=O)O. The van der Waals surface area contributed by atoms with E-state index in [1.165, 1.54) is 17.3 Å². The minimum atomic E-state index is -1.04. The smallest absolute Gasteiger partial charge is 0.321 e. The molecule has 0 radical (unpaired) electrons. The van der Waals surface area contributed by atoms with E-state index in [2.05, 4.69) is 0 Å². The molecule has 0 bridgehead atoms. The van der Waals surface area contributed by atoms with Crippen molar-refractivity contribution in [1.82, 2.24) is 0 Å². The number of rotatable bonds is 5. The van der Waals surface area contributed by atoms with Crippen LogP contribution in [0, 0.1) is 0 Å². The maximum absolute atomic E-state index is 12.1. The van der Waals surface area contributed by atoms with Crippen LogP contribution in [0.2, 0.25) is 0 Å². The molecule has 102 valence electrons. The van der Waals surface area contributed by atoms with E-state index in [0.29, 0.717) is 6.54 Å². The highest BCUT2D eigenvalue weighted by Crippen LogP contribution is 2.27. The van der Waals surface area contributed by atoms with Gasteiger partial charge in [-0.2, -0.15) is 0 Å². The zero-order chi connectivity index (χ0) is 13.8. The van der Waals surface area contributed by atoms with Crippen LogP contribution < -0.4 is 10.6 Å². The number of nitrogens with zero attached hydrogens (tertiary/aromatic N) is 1. The third kappa shape index (κ3) is 3.27. The highest BCUT2D eigenvalue weighted by Gasteiger charge is 2.24. The van der Waals surface area contributed by atoms with Crippen molar-refractivity contribution >= 4 is 29.3 Å². The van der Waals surface area contributed by atoms with Crippen molar-refractivity contribution in [3.05, 3.63) is 29.8 Å². The molecule has 1 aromatic carbocycles. The standard InChI is InChI=1S/C13H16N2O3S/c14-10(13(17)18)7-19-8-12(16)15-6-5-9-3-1-2-4-11(9)15/h1-4,10H,5-8,14H2,(H,17,18)/t10-/m0/s1. The summed E-state index contributed by atoms with van der Waals surface area (Å²) in [5.41, 5.74) is 7.54. The van der Waals surface area contributed by atoms with Crippen molar-refractivity contribution in [2.24, 2.45) is 5.73 Å². The molecule has 3 N–H and O–H groups in total. The lowest BCUT2D eigenvalue weighted by atomic mass is 10.2. The van der Waals surface area contributed by atoms with Crippen LogP contribution in [0.5, 0.6) is 0 Å². The third-order valence-corrected chi connectivity index (χ3v) is 4.07. The second-order valence-electron chi connectivity index (χ2n) is 4.38. The summed E-state index contributed by atoms with van der Waals surface area (Å²) in [6.07, 6.45) is 0.876. The fraction of sp³-hybridized carbons (Fsp3) is 0.385. The first-order valence-corrected chi connectivity index (χ1v) is 7.19. The quantitative estimate of drug-likeness (QED) is 0.830. The fourth-order valence-electron chi connectivity index (χ4n) is 2.02. The van der Waals surface area contributed by atoms with Gasteiger partial charge >= 0.3 is 5.97 Å². The van der Waals surface area contributed by atoms with Crippen LogP contribution in [0.1, 0.15) is 5.56 Å². The molecule has 5 nitrogen and oxygen atoms in total. The van der Waals surface area contributed by atoms with Crippen LogP contribution in [0.15, 0.2) is 24.3 Å². The first kappa shape index (κ1) is 13.9. The Morgan fingerprint density at radius 1 is 1.42 bits per heavy atom. The van der Waals surface area contributed by atoms with Crippen LogP contribution in [0.25, 0.3) is 0 Å². The van der Waals surface area contributed by atoms with Gasteiger partial charge in [0.1, 0.15) is 6.04 Å². The van der Waals surface area contributed by atoms with E-state index in [4.69, 9.17) is 10.8 Å². The maximum Gasteiger partial charge on any atom is 0.321 e. The molecule has 0 spiro atoms. The first-order chi connectivity index (χ1) is 9.09. The number of para-hydroxylation sites is 1. The molecular weight excluding hydrogens is 264 g/mol. The number of benzene rings is 1. The maximum atomic E-state index is 12.1. The number of carboxylic acid groups (broad SMARTS) is 1. The minimum Gasteiger partial charge on any atom is -0.480 e. The van der Waals surface area contributed by atoms with Gasteiger partial charge in [0.2, 0.25) is 5.91 Å². The van der Waals surface area contributed by atoms with Gasteiger partial charge in [0, 0.05) is 18.0 Å². The molecule has 1 heterocycles. The molecule has 2 rings (SSSR count). The average Bonchev–Trinajstić information content (AvgIpc) is 2.82. The van der Waals surface area contributed by atoms with E-state index in [1.54, 1.807) is 4.90 Å². The molecular formula is C13H16N2O3S. The van der Waals surface area contributed by atoms with Gasteiger partial charge in [-0.3, -0.25) is 9.59 Å². The van der Waals surface area contributed by atoms with E-state index in [-0.39, 0.29) is 17.4 Å². The number of carboxylic acids is 1. The second kappa shape index (κ2) is 6.08. The molecule has 0 aliphatic carbocycles. The van der Waals surface area contributed by atoms with Crippen LogP contribution in [-0.2, 0) is 16.0 Å². The lowest BCUT2D eigenvalue weighted by Crippen LogP contribution is -2.34. The molecule has 1 aliphatic rings. The number of carbonyl (C=O) groups is 2. The highest BCUT2D eigenvalue weighted by molar-refractivity contribution is 8.00. The second-order valence-corrected chi connectivity index (χ2v) is 5.41. The molecule has 19 heavy (non-hydrogen) atoms. The predicted octanol–water partition coefficient (Wildman–Crippen LogP) is 0.721. The van der Waals surface area contributed by atoms with Crippen molar-refractivity contribution < 1.29 is 14.7 Å². The van der Waals surface area contributed by atoms with E-state index in [1.807, 2.05) is 24.3 Å². The molecule has 0 saturated carbocycles. The summed E-state index contributed by atoms with van der Waals surface area (Å²) in [5, 5.41) is 8.66. The number of anilines is 1. The number of thioether (sulfide) groups is 1. The van der Waals surface area contributed by atoms with Crippen LogP contribution in [-0.4, -0.2) is 41.1 Å².